The lowest BCUT2D eigenvalue weighted by atomic mass is 10.1. The van der Waals surface area contributed by atoms with Gasteiger partial charge in [0, 0.05) is 23.5 Å². The zero-order valence-electron chi connectivity index (χ0n) is 9.63. The van der Waals surface area contributed by atoms with Crippen LogP contribution in [0.5, 0.6) is 0 Å². The van der Waals surface area contributed by atoms with Crippen LogP contribution >= 0.6 is 0 Å². The molecule has 4 heteroatoms. The van der Waals surface area contributed by atoms with E-state index in [1.807, 2.05) is 6.07 Å². The van der Waals surface area contributed by atoms with Crippen molar-refractivity contribution in [1.82, 2.24) is 4.98 Å². The number of aryl methyl sites for hydroxylation is 1. The van der Waals surface area contributed by atoms with E-state index in [1.165, 1.54) is 6.07 Å². The molecular weight excluding hydrogens is 221 g/mol. The summed E-state index contributed by atoms with van der Waals surface area (Å²) in [6.45, 7) is 2.14. The van der Waals surface area contributed by atoms with E-state index in [9.17, 15) is 9.18 Å². The van der Waals surface area contributed by atoms with Crippen molar-refractivity contribution in [2.45, 2.75) is 19.8 Å². The SMILES string of the molecule is CCOC(=O)CCc1c[nH]c2cccc(F)c12. The maximum Gasteiger partial charge on any atom is 0.306 e. The molecule has 0 radical (unpaired) electrons. The number of fused-ring (bicyclic) bond motifs is 1. The van der Waals surface area contributed by atoms with Crippen molar-refractivity contribution in [3.63, 3.8) is 0 Å². The fraction of sp³-hybridized carbons (Fsp3) is 0.308. The quantitative estimate of drug-likeness (QED) is 0.828. The van der Waals surface area contributed by atoms with Crippen LogP contribution in [0.4, 0.5) is 4.39 Å². The third-order valence-electron chi connectivity index (χ3n) is 2.64. The second kappa shape index (κ2) is 4.99. The van der Waals surface area contributed by atoms with Gasteiger partial charge in [-0.1, -0.05) is 6.07 Å². The van der Waals surface area contributed by atoms with Crippen molar-refractivity contribution >= 4 is 16.9 Å². The molecule has 2 aromatic rings. The van der Waals surface area contributed by atoms with Crippen LogP contribution in [0.2, 0.25) is 0 Å². The minimum atomic E-state index is -0.261. The second-order valence-corrected chi connectivity index (χ2v) is 3.78. The van der Waals surface area contributed by atoms with Gasteiger partial charge in [0.15, 0.2) is 0 Å². The number of hydrogen-bond acceptors (Lipinski definition) is 2. The van der Waals surface area contributed by atoms with Crippen LogP contribution in [0.1, 0.15) is 18.9 Å². The summed E-state index contributed by atoms with van der Waals surface area (Å²) in [7, 11) is 0. The Kier molecular flexibility index (Phi) is 3.42. The molecule has 0 aliphatic heterocycles. The Labute approximate surface area is 98.6 Å². The molecule has 0 bridgehead atoms. The van der Waals surface area contributed by atoms with Crippen LogP contribution in [-0.2, 0) is 16.0 Å². The van der Waals surface area contributed by atoms with Crippen molar-refractivity contribution in [3.05, 3.63) is 35.8 Å². The molecule has 1 heterocycles. The summed E-state index contributed by atoms with van der Waals surface area (Å²) >= 11 is 0. The van der Waals surface area contributed by atoms with Gasteiger partial charge >= 0.3 is 5.97 Å². The highest BCUT2D eigenvalue weighted by atomic mass is 19.1. The molecule has 0 amide bonds. The van der Waals surface area contributed by atoms with Gasteiger partial charge in [0.25, 0.3) is 0 Å². The van der Waals surface area contributed by atoms with Gasteiger partial charge in [0.05, 0.1) is 6.61 Å². The van der Waals surface area contributed by atoms with E-state index in [-0.39, 0.29) is 18.2 Å². The smallest absolute Gasteiger partial charge is 0.306 e. The lowest BCUT2D eigenvalue weighted by Crippen LogP contribution is -2.05. The summed E-state index contributed by atoms with van der Waals surface area (Å²) in [5.41, 5.74) is 1.56. The van der Waals surface area contributed by atoms with Gasteiger partial charge in [-0.2, -0.15) is 0 Å². The summed E-state index contributed by atoms with van der Waals surface area (Å²) in [4.78, 5) is 14.2. The average Bonchev–Trinajstić information content (AvgIpc) is 2.71. The Hall–Kier alpha value is -1.84. The molecule has 0 aliphatic carbocycles. The number of benzene rings is 1. The number of aromatic nitrogens is 1. The van der Waals surface area contributed by atoms with Gasteiger partial charge in [-0.25, -0.2) is 4.39 Å². The Balaban J connectivity index is 2.16. The molecule has 1 N–H and O–H groups in total. The highest BCUT2D eigenvalue weighted by molar-refractivity contribution is 5.84. The van der Waals surface area contributed by atoms with Crippen molar-refractivity contribution < 1.29 is 13.9 Å². The predicted octanol–water partition coefficient (Wildman–Crippen LogP) is 2.80. The van der Waals surface area contributed by atoms with Crippen molar-refractivity contribution in [3.8, 4) is 0 Å². The van der Waals surface area contributed by atoms with Crippen molar-refractivity contribution in [1.29, 1.82) is 0 Å². The number of ether oxygens (including phenoxy) is 1. The first-order valence-corrected chi connectivity index (χ1v) is 5.62. The van der Waals surface area contributed by atoms with Crippen molar-refractivity contribution in [2.24, 2.45) is 0 Å². The van der Waals surface area contributed by atoms with E-state index in [4.69, 9.17) is 4.74 Å². The van der Waals surface area contributed by atoms with Crippen molar-refractivity contribution in [2.75, 3.05) is 6.61 Å². The minimum absolute atomic E-state index is 0.252. The highest BCUT2D eigenvalue weighted by Crippen LogP contribution is 2.22. The zero-order chi connectivity index (χ0) is 12.3. The monoisotopic (exact) mass is 235 g/mol. The summed E-state index contributed by atoms with van der Waals surface area (Å²) in [5, 5.41) is 0.566. The molecule has 0 saturated heterocycles. The highest BCUT2D eigenvalue weighted by Gasteiger charge is 2.10. The molecule has 90 valence electrons. The maximum absolute atomic E-state index is 13.6. The van der Waals surface area contributed by atoms with Crippen LogP contribution in [0.15, 0.2) is 24.4 Å². The molecule has 1 aromatic carbocycles. The molecule has 3 nitrogen and oxygen atoms in total. The van der Waals surface area contributed by atoms with E-state index in [1.54, 1.807) is 19.2 Å². The Morgan fingerprint density at radius 2 is 2.29 bits per heavy atom. The number of carbonyl (C=O) groups is 1. The number of nitrogens with one attached hydrogen (secondary N) is 1. The second-order valence-electron chi connectivity index (χ2n) is 3.78. The van der Waals surface area contributed by atoms with Gasteiger partial charge in [0.1, 0.15) is 5.82 Å². The molecule has 0 spiro atoms. The van der Waals surface area contributed by atoms with Gasteiger partial charge in [-0.15, -0.1) is 0 Å². The van der Waals surface area contributed by atoms with E-state index in [0.717, 1.165) is 11.1 Å². The van der Waals surface area contributed by atoms with Gasteiger partial charge < -0.3 is 9.72 Å². The van der Waals surface area contributed by atoms with E-state index in [0.29, 0.717) is 18.4 Å². The fourth-order valence-electron chi connectivity index (χ4n) is 1.87. The minimum Gasteiger partial charge on any atom is -0.466 e. The summed E-state index contributed by atoms with van der Waals surface area (Å²) < 4.78 is 18.5. The Bertz CT molecular complexity index is 533. The molecule has 1 aromatic heterocycles. The molecule has 0 unspecified atom stereocenters. The predicted molar refractivity (Wildman–Crippen MR) is 63.2 cm³/mol. The first-order valence-electron chi connectivity index (χ1n) is 5.62. The Morgan fingerprint density at radius 1 is 1.47 bits per heavy atom. The molecule has 0 aliphatic rings. The largest absolute Gasteiger partial charge is 0.466 e. The third-order valence-corrected chi connectivity index (χ3v) is 2.64. The number of halogens is 1. The Morgan fingerprint density at radius 3 is 3.06 bits per heavy atom. The molecule has 2 rings (SSSR count). The lowest BCUT2D eigenvalue weighted by Gasteiger charge is -2.01. The molecule has 0 fully saturated rings. The van der Waals surface area contributed by atoms with Crippen LogP contribution in [0.3, 0.4) is 0 Å². The number of esters is 1. The van der Waals surface area contributed by atoms with E-state index >= 15 is 0 Å². The topological polar surface area (TPSA) is 42.1 Å². The number of hydrogen-bond donors (Lipinski definition) is 1. The van der Waals surface area contributed by atoms with Crippen LogP contribution in [-0.4, -0.2) is 17.6 Å². The number of H-pyrrole nitrogens is 1. The van der Waals surface area contributed by atoms with E-state index < -0.39 is 0 Å². The standard InChI is InChI=1S/C13H14FNO2/c1-2-17-12(16)7-6-9-8-15-11-5-3-4-10(14)13(9)11/h3-5,8,15H,2,6-7H2,1H3. The molecule has 0 saturated carbocycles. The average molecular weight is 235 g/mol. The number of carbonyl (C=O) groups excluding carboxylic acids is 1. The van der Waals surface area contributed by atoms with Gasteiger partial charge in [0.2, 0.25) is 0 Å². The fourth-order valence-corrected chi connectivity index (χ4v) is 1.87. The van der Waals surface area contributed by atoms with Gasteiger partial charge in [-0.3, -0.25) is 4.79 Å². The van der Waals surface area contributed by atoms with E-state index in [2.05, 4.69) is 4.98 Å². The number of rotatable bonds is 4. The first kappa shape index (κ1) is 11.6. The lowest BCUT2D eigenvalue weighted by molar-refractivity contribution is -0.143. The molecule has 17 heavy (non-hydrogen) atoms. The maximum atomic E-state index is 13.6. The summed E-state index contributed by atoms with van der Waals surface area (Å²) in [6, 6.07) is 4.89. The number of aromatic amines is 1. The third kappa shape index (κ3) is 2.46. The summed E-state index contributed by atoms with van der Waals surface area (Å²) in [6.07, 6.45) is 2.50. The van der Waals surface area contributed by atoms with Crippen LogP contribution < -0.4 is 0 Å². The van der Waals surface area contributed by atoms with Crippen LogP contribution in [0.25, 0.3) is 10.9 Å². The first-order chi connectivity index (χ1) is 8.22. The molecular formula is C13H14FNO2. The molecule has 0 atom stereocenters. The zero-order valence-corrected chi connectivity index (χ0v) is 9.63. The van der Waals surface area contributed by atoms with Gasteiger partial charge in [-0.05, 0) is 31.0 Å². The normalized spacial score (nSPS) is 10.7. The summed E-state index contributed by atoms with van der Waals surface area (Å²) in [5.74, 6) is -0.513. The van der Waals surface area contributed by atoms with Crippen LogP contribution in [0, 0.1) is 5.82 Å².